The number of carbonyl (C=O) groups excluding carboxylic acids is 2. The average Bonchev–Trinajstić information content (AvgIpc) is 3.05. The van der Waals surface area contributed by atoms with Gasteiger partial charge in [-0.3, -0.25) is 9.59 Å². The summed E-state index contributed by atoms with van der Waals surface area (Å²) in [5.41, 5.74) is 2.10. The van der Waals surface area contributed by atoms with Gasteiger partial charge in [-0.15, -0.1) is 0 Å². The minimum absolute atomic E-state index is 0.105. The molecular weight excluding hydrogens is 405 g/mol. The van der Waals surface area contributed by atoms with Crippen LogP contribution < -0.4 is 9.70 Å². The third kappa shape index (κ3) is 4.76. The number of fused-ring (bicyclic) bond motifs is 1. The standard InChI is InChI=1S/C22H24FN3O3S/c1-4-25(5-2)17-10-7-15(8-11-17)21(28)24-22-26(14-20(27)29-6-3)18-12-9-16(23)13-19(18)30-22/h7-13H,4-6,14H2,1-3H3. The van der Waals surface area contributed by atoms with Gasteiger partial charge in [-0.2, -0.15) is 4.99 Å². The minimum atomic E-state index is -0.445. The zero-order valence-corrected chi connectivity index (χ0v) is 18.0. The van der Waals surface area contributed by atoms with Crippen LogP contribution in [0.2, 0.25) is 0 Å². The van der Waals surface area contributed by atoms with Gasteiger partial charge in [-0.25, -0.2) is 4.39 Å². The van der Waals surface area contributed by atoms with Crippen LogP contribution in [0.4, 0.5) is 10.1 Å². The van der Waals surface area contributed by atoms with E-state index in [4.69, 9.17) is 4.74 Å². The highest BCUT2D eigenvalue weighted by Gasteiger charge is 2.14. The van der Waals surface area contributed by atoms with Crippen molar-refractivity contribution in [3.63, 3.8) is 0 Å². The summed E-state index contributed by atoms with van der Waals surface area (Å²) in [6, 6.07) is 11.5. The molecule has 0 N–H and O–H groups in total. The molecule has 30 heavy (non-hydrogen) atoms. The quantitative estimate of drug-likeness (QED) is 0.533. The van der Waals surface area contributed by atoms with Crippen LogP contribution in [0.3, 0.4) is 0 Å². The van der Waals surface area contributed by atoms with E-state index in [9.17, 15) is 14.0 Å². The Morgan fingerprint density at radius 1 is 1.10 bits per heavy atom. The van der Waals surface area contributed by atoms with Gasteiger partial charge in [0.05, 0.1) is 16.8 Å². The number of halogens is 1. The number of esters is 1. The molecule has 0 aliphatic heterocycles. The van der Waals surface area contributed by atoms with Crippen molar-refractivity contribution >= 4 is 39.1 Å². The number of thiazole rings is 1. The zero-order valence-electron chi connectivity index (χ0n) is 17.2. The highest BCUT2D eigenvalue weighted by molar-refractivity contribution is 7.16. The van der Waals surface area contributed by atoms with Gasteiger partial charge in [0.25, 0.3) is 5.91 Å². The molecule has 0 atom stereocenters. The second kappa shape index (κ2) is 9.67. The number of nitrogens with zero attached hydrogens (tertiary/aromatic N) is 3. The summed E-state index contributed by atoms with van der Waals surface area (Å²) in [7, 11) is 0. The molecule has 0 saturated heterocycles. The molecule has 1 heterocycles. The predicted octanol–water partition coefficient (Wildman–Crippen LogP) is 3.99. The van der Waals surface area contributed by atoms with E-state index in [1.807, 2.05) is 12.1 Å². The number of ether oxygens (including phenoxy) is 1. The van der Waals surface area contributed by atoms with E-state index in [0.29, 0.717) is 20.6 Å². The van der Waals surface area contributed by atoms with Crippen LogP contribution in [-0.4, -0.2) is 36.1 Å². The summed E-state index contributed by atoms with van der Waals surface area (Å²) in [6.45, 7) is 7.77. The molecule has 3 aromatic rings. The fourth-order valence-corrected chi connectivity index (χ4v) is 4.23. The fraction of sp³-hybridized carbons (Fsp3) is 0.318. The van der Waals surface area contributed by atoms with Crippen molar-refractivity contribution in [2.75, 3.05) is 24.6 Å². The third-order valence-electron chi connectivity index (χ3n) is 4.68. The first-order valence-corrected chi connectivity index (χ1v) is 10.7. The largest absolute Gasteiger partial charge is 0.465 e. The number of amides is 1. The lowest BCUT2D eigenvalue weighted by molar-refractivity contribution is -0.143. The molecule has 0 spiro atoms. The van der Waals surface area contributed by atoms with Crippen LogP contribution in [0.5, 0.6) is 0 Å². The molecule has 1 amide bonds. The van der Waals surface area contributed by atoms with Gasteiger partial charge >= 0.3 is 5.97 Å². The van der Waals surface area contributed by atoms with Gasteiger partial charge in [0.1, 0.15) is 12.4 Å². The molecule has 8 heteroatoms. The summed E-state index contributed by atoms with van der Waals surface area (Å²) < 4.78 is 20.9. The van der Waals surface area contributed by atoms with Crippen molar-refractivity contribution in [1.29, 1.82) is 0 Å². The third-order valence-corrected chi connectivity index (χ3v) is 5.72. The second-order valence-corrected chi connectivity index (χ2v) is 7.53. The van der Waals surface area contributed by atoms with E-state index in [2.05, 4.69) is 23.7 Å². The first-order chi connectivity index (χ1) is 14.5. The highest BCUT2D eigenvalue weighted by atomic mass is 32.1. The van der Waals surface area contributed by atoms with Crippen molar-refractivity contribution in [3.05, 3.63) is 58.6 Å². The molecule has 0 aliphatic rings. The van der Waals surface area contributed by atoms with Crippen molar-refractivity contribution in [3.8, 4) is 0 Å². The molecule has 3 rings (SSSR count). The summed E-state index contributed by atoms with van der Waals surface area (Å²) in [4.78, 5) is 31.5. The molecule has 0 bridgehead atoms. The van der Waals surface area contributed by atoms with E-state index < -0.39 is 17.7 Å². The van der Waals surface area contributed by atoms with E-state index >= 15 is 0 Å². The molecule has 158 valence electrons. The summed E-state index contributed by atoms with van der Waals surface area (Å²) in [6.07, 6.45) is 0. The summed E-state index contributed by atoms with van der Waals surface area (Å²) in [5, 5.41) is 0. The van der Waals surface area contributed by atoms with Crippen LogP contribution in [-0.2, 0) is 16.1 Å². The van der Waals surface area contributed by atoms with Gasteiger partial charge < -0.3 is 14.2 Å². The van der Waals surface area contributed by atoms with Crippen molar-refractivity contribution in [2.24, 2.45) is 4.99 Å². The second-order valence-electron chi connectivity index (χ2n) is 6.52. The first-order valence-electron chi connectivity index (χ1n) is 9.85. The Balaban J connectivity index is 1.99. The zero-order chi connectivity index (χ0) is 21.7. The number of carbonyl (C=O) groups is 2. The molecule has 0 radical (unpaired) electrons. The topological polar surface area (TPSA) is 63.9 Å². The average molecular weight is 430 g/mol. The monoisotopic (exact) mass is 429 g/mol. The number of rotatable bonds is 7. The van der Waals surface area contributed by atoms with Crippen molar-refractivity contribution in [1.82, 2.24) is 4.57 Å². The van der Waals surface area contributed by atoms with Crippen molar-refractivity contribution in [2.45, 2.75) is 27.3 Å². The number of anilines is 1. The summed E-state index contributed by atoms with van der Waals surface area (Å²) >= 11 is 1.16. The molecule has 0 saturated carbocycles. The molecule has 2 aromatic carbocycles. The molecule has 6 nitrogen and oxygen atoms in total. The minimum Gasteiger partial charge on any atom is -0.465 e. The van der Waals surface area contributed by atoms with E-state index in [-0.39, 0.29) is 13.2 Å². The van der Waals surface area contributed by atoms with Gasteiger partial charge in [0.2, 0.25) is 0 Å². The van der Waals surface area contributed by atoms with Gasteiger partial charge in [-0.05, 0) is 63.2 Å². The Hall–Kier alpha value is -3.00. The van der Waals surface area contributed by atoms with Gasteiger partial charge in [0.15, 0.2) is 4.80 Å². The Labute approximate surface area is 178 Å². The van der Waals surface area contributed by atoms with E-state index in [0.717, 1.165) is 30.1 Å². The Bertz CT molecular complexity index is 1110. The predicted molar refractivity (Wildman–Crippen MR) is 116 cm³/mol. The van der Waals surface area contributed by atoms with Crippen LogP contribution in [0.15, 0.2) is 47.5 Å². The van der Waals surface area contributed by atoms with Crippen molar-refractivity contribution < 1.29 is 18.7 Å². The maximum Gasteiger partial charge on any atom is 0.326 e. The lowest BCUT2D eigenvalue weighted by Crippen LogP contribution is -2.23. The fourth-order valence-electron chi connectivity index (χ4n) is 3.18. The molecule has 0 aliphatic carbocycles. The molecule has 0 fully saturated rings. The molecule has 0 unspecified atom stereocenters. The van der Waals surface area contributed by atoms with Crippen LogP contribution >= 0.6 is 11.3 Å². The van der Waals surface area contributed by atoms with Crippen LogP contribution in [0.25, 0.3) is 10.2 Å². The lowest BCUT2D eigenvalue weighted by Gasteiger charge is -2.20. The Morgan fingerprint density at radius 2 is 1.80 bits per heavy atom. The maximum absolute atomic E-state index is 13.7. The van der Waals surface area contributed by atoms with E-state index in [1.54, 1.807) is 29.7 Å². The Kier molecular flexibility index (Phi) is 6.99. The number of benzene rings is 2. The van der Waals surface area contributed by atoms with Gasteiger partial charge in [0, 0.05) is 24.3 Å². The number of hydrogen-bond acceptors (Lipinski definition) is 5. The first kappa shape index (κ1) is 21.7. The van der Waals surface area contributed by atoms with Gasteiger partial charge in [-0.1, -0.05) is 11.3 Å². The maximum atomic E-state index is 13.7. The van der Waals surface area contributed by atoms with Crippen LogP contribution in [0, 0.1) is 5.82 Å². The number of hydrogen-bond donors (Lipinski definition) is 0. The van der Waals surface area contributed by atoms with Crippen LogP contribution in [0.1, 0.15) is 31.1 Å². The summed E-state index contributed by atoms with van der Waals surface area (Å²) in [5.74, 6) is -1.26. The lowest BCUT2D eigenvalue weighted by atomic mass is 10.2. The molecule has 1 aromatic heterocycles. The van der Waals surface area contributed by atoms with E-state index in [1.165, 1.54) is 12.1 Å². The SMILES string of the molecule is CCOC(=O)Cn1c(=NC(=O)c2ccc(N(CC)CC)cc2)sc2cc(F)ccc21. The molecular formula is C22H24FN3O3S. The number of aromatic nitrogens is 1. The Morgan fingerprint density at radius 3 is 2.43 bits per heavy atom. The highest BCUT2D eigenvalue weighted by Crippen LogP contribution is 2.19. The smallest absolute Gasteiger partial charge is 0.326 e. The normalized spacial score (nSPS) is 11.7.